The average Bonchev–Trinajstić information content (AvgIpc) is 2.75. The molecule has 0 saturated carbocycles. The van der Waals surface area contributed by atoms with Gasteiger partial charge in [-0.15, -0.1) is 0 Å². The van der Waals surface area contributed by atoms with Crippen LogP contribution in [0.5, 0.6) is 0 Å². The lowest BCUT2D eigenvalue weighted by molar-refractivity contribution is 0.0556. The molecule has 1 aromatic heterocycles. The molecule has 3 heteroatoms. The molecule has 0 unspecified atom stereocenters. The third-order valence-electron chi connectivity index (χ3n) is 3.43. The van der Waals surface area contributed by atoms with Crippen LogP contribution in [0.15, 0.2) is 23.0 Å². The van der Waals surface area contributed by atoms with Crippen LogP contribution in [-0.4, -0.2) is 29.7 Å². The topological polar surface area (TPSA) is 36.6 Å². The number of rotatable bonds is 3. The van der Waals surface area contributed by atoms with Gasteiger partial charge in [0.05, 0.1) is 12.5 Å². The molecule has 1 fully saturated rings. The molecule has 0 bridgehead atoms. The summed E-state index contributed by atoms with van der Waals surface area (Å²) in [5, 5.41) is 9.26. The predicted molar refractivity (Wildman–Crippen MR) is 58.4 cm³/mol. The lowest BCUT2D eigenvalue weighted by Crippen LogP contribution is -2.39. The summed E-state index contributed by atoms with van der Waals surface area (Å²) in [6.07, 6.45) is 5.69. The Morgan fingerprint density at radius 1 is 1.47 bits per heavy atom. The number of aliphatic hydroxyl groups excluding tert-OH is 1. The van der Waals surface area contributed by atoms with Gasteiger partial charge in [0, 0.05) is 18.7 Å². The molecule has 0 aliphatic carbocycles. The minimum absolute atomic E-state index is 0.146. The number of aliphatic hydroxyl groups is 1. The molecule has 15 heavy (non-hydrogen) atoms. The van der Waals surface area contributed by atoms with Crippen LogP contribution in [0.25, 0.3) is 0 Å². The zero-order chi connectivity index (χ0) is 10.7. The fourth-order valence-electron chi connectivity index (χ4n) is 2.05. The van der Waals surface area contributed by atoms with Gasteiger partial charge >= 0.3 is 0 Å². The number of hydrogen-bond acceptors (Lipinski definition) is 3. The molecule has 2 heterocycles. The largest absolute Gasteiger partial charge is 0.472 e. The zero-order valence-electron chi connectivity index (χ0n) is 9.28. The molecule has 0 radical (unpaired) electrons. The van der Waals surface area contributed by atoms with Gasteiger partial charge in [0.15, 0.2) is 0 Å². The van der Waals surface area contributed by atoms with E-state index in [-0.39, 0.29) is 5.41 Å². The van der Waals surface area contributed by atoms with E-state index < -0.39 is 0 Å². The third kappa shape index (κ3) is 2.61. The van der Waals surface area contributed by atoms with Gasteiger partial charge in [-0.1, -0.05) is 6.92 Å². The minimum Gasteiger partial charge on any atom is -0.472 e. The van der Waals surface area contributed by atoms with E-state index in [4.69, 9.17) is 4.42 Å². The van der Waals surface area contributed by atoms with Crippen molar-refractivity contribution in [1.82, 2.24) is 4.90 Å². The van der Waals surface area contributed by atoms with E-state index >= 15 is 0 Å². The minimum atomic E-state index is 0.146. The fourth-order valence-corrected chi connectivity index (χ4v) is 2.05. The van der Waals surface area contributed by atoms with Crippen molar-refractivity contribution in [2.45, 2.75) is 26.3 Å². The van der Waals surface area contributed by atoms with Gasteiger partial charge in [-0.25, -0.2) is 0 Å². The van der Waals surface area contributed by atoms with E-state index in [0.29, 0.717) is 6.61 Å². The van der Waals surface area contributed by atoms with Gasteiger partial charge in [0.1, 0.15) is 0 Å². The second-order valence-corrected chi connectivity index (χ2v) is 4.88. The number of furan rings is 1. The Morgan fingerprint density at radius 2 is 2.20 bits per heavy atom. The van der Waals surface area contributed by atoms with Gasteiger partial charge in [0.2, 0.25) is 0 Å². The van der Waals surface area contributed by atoms with Crippen LogP contribution in [0.1, 0.15) is 25.3 Å². The zero-order valence-corrected chi connectivity index (χ0v) is 9.28. The smallest absolute Gasteiger partial charge is 0.0947 e. The molecular formula is C12H19NO2. The first kappa shape index (κ1) is 10.7. The second kappa shape index (κ2) is 4.37. The Labute approximate surface area is 90.7 Å². The molecule has 0 spiro atoms. The van der Waals surface area contributed by atoms with Crippen molar-refractivity contribution < 1.29 is 9.52 Å². The molecule has 0 atom stereocenters. The summed E-state index contributed by atoms with van der Waals surface area (Å²) in [6.45, 7) is 5.59. The lowest BCUT2D eigenvalue weighted by Gasteiger charge is -2.38. The molecule has 1 aromatic rings. The van der Waals surface area contributed by atoms with Crippen LogP contribution in [0, 0.1) is 5.41 Å². The van der Waals surface area contributed by atoms with Gasteiger partial charge in [-0.2, -0.15) is 0 Å². The second-order valence-electron chi connectivity index (χ2n) is 4.88. The predicted octanol–water partition coefficient (Wildman–Crippen LogP) is 1.87. The molecule has 1 N–H and O–H groups in total. The molecule has 1 aliphatic rings. The highest BCUT2D eigenvalue weighted by Crippen LogP contribution is 2.30. The van der Waals surface area contributed by atoms with Crippen LogP contribution in [0.2, 0.25) is 0 Å². The Bertz CT molecular complexity index is 287. The summed E-state index contributed by atoms with van der Waals surface area (Å²) < 4.78 is 5.05. The van der Waals surface area contributed by atoms with E-state index in [1.165, 1.54) is 5.56 Å². The molecule has 3 nitrogen and oxygen atoms in total. The monoisotopic (exact) mass is 209 g/mol. The van der Waals surface area contributed by atoms with Crippen molar-refractivity contribution in [3.63, 3.8) is 0 Å². The summed E-state index contributed by atoms with van der Waals surface area (Å²) in [5.41, 5.74) is 1.38. The van der Waals surface area contributed by atoms with Crippen LogP contribution >= 0.6 is 0 Å². The van der Waals surface area contributed by atoms with Gasteiger partial charge < -0.3 is 9.52 Å². The molecule has 0 aromatic carbocycles. The Balaban J connectivity index is 1.84. The van der Waals surface area contributed by atoms with Crippen molar-refractivity contribution in [3.05, 3.63) is 24.2 Å². The van der Waals surface area contributed by atoms with Crippen molar-refractivity contribution in [1.29, 1.82) is 0 Å². The number of piperidine rings is 1. The standard InChI is InChI=1S/C12H19NO2/c1-12(10-14)3-5-13(6-4-12)8-11-2-7-15-9-11/h2,7,9,14H,3-6,8,10H2,1H3. The first-order valence-corrected chi connectivity index (χ1v) is 5.56. The highest BCUT2D eigenvalue weighted by atomic mass is 16.3. The first-order chi connectivity index (χ1) is 7.22. The summed E-state index contributed by atoms with van der Waals surface area (Å²) in [7, 11) is 0. The Kier molecular flexibility index (Phi) is 3.12. The van der Waals surface area contributed by atoms with Gasteiger partial charge in [0.25, 0.3) is 0 Å². The number of nitrogens with zero attached hydrogens (tertiary/aromatic N) is 1. The maximum absolute atomic E-state index is 9.26. The lowest BCUT2D eigenvalue weighted by atomic mass is 9.81. The van der Waals surface area contributed by atoms with Crippen molar-refractivity contribution in [2.24, 2.45) is 5.41 Å². The van der Waals surface area contributed by atoms with Crippen molar-refractivity contribution in [2.75, 3.05) is 19.7 Å². The van der Waals surface area contributed by atoms with Crippen LogP contribution in [-0.2, 0) is 6.54 Å². The first-order valence-electron chi connectivity index (χ1n) is 5.56. The SMILES string of the molecule is CC1(CO)CCN(Cc2ccoc2)CC1. The Morgan fingerprint density at radius 3 is 2.73 bits per heavy atom. The van der Waals surface area contributed by atoms with Gasteiger partial charge in [-0.05, 0) is 37.4 Å². The number of likely N-dealkylation sites (tertiary alicyclic amines) is 1. The third-order valence-corrected chi connectivity index (χ3v) is 3.43. The van der Waals surface area contributed by atoms with E-state index in [0.717, 1.165) is 32.5 Å². The van der Waals surface area contributed by atoms with E-state index in [9.17, 15) is 5.11 Å². The van der Waals surface area contributed by atoms with Crippen molar-refractivity contribution >= 4 is 0 Å². The van der Waals surface area contributed by atoms with Gasteiger partial charge in [-0.3, -0.25) is 4.90 Å². The summed E-state index contributed by atoms with van der Waals surface area (Å²) in [5.74, 6) is 0. The molecule has 2 rings (SSSR count). The van der Waals surface area contributed by atoms with Crippen LogP contribution in [0.3, 0.4) is 0 Å². The normalized spacial score (nSPS) is 21.7. The van der Waals surface area contributed by atoms with Crippen molar-refractivity contribution in [3.8, 4) is 0 Å². The molecule has 1 aliphatic heterocycles. The summed E-state index contributed by atoms with van der Waals surface area (Å²) in [4.78, 5) is 2.42. The number of hydrogen-bond donors (Lipinski definition) is 1. The molecule has 0 amide bonds. The molecular weight excluding hydrogens is 190 g/mol. The summed E-state index contributed by atoms with van der Waals surface area (Å²) >= 11 is 0. The molecule has 1 saturated heterocycles. The van der Waals surface area contributed by atoms with Crippen LogP contribution < -0.4 is 0 Å². The summed E-state index contributed by atoms with van der Waals surface area (Å²) in [6, 6.07) is 2.01. The quantitative estimate of drug-likeness (QED) is 0.825. The van der Waals surface area contributed by atoms with E-state index in [1.54, 1.807) is 12.5 Å². The highest BCUT2D eigenvalue weighted by Gasteiger charge is 2.29. The van der Waals surface area contributed by atoms with E-state index in [2.05, 4.69) is 11.8 Å². The van der Waals surface area contributed by atoms with Crippen LogP contribution in [0.4, 0.5) is 0 Å². The highest BCUT2D eigenvalue weighted by molar-refractivity contribution is 5.05. The van der Waals surface area contributed by atoms with E-state index in [1.807, 2.05) is 6.07 Å². The maximum atomic E-state index is 9.26. The average molecular weight is 209 g/mol. The fraction of sp³-hybridized carbons (Fsp3) is 0.667. The Hall–Kier alpha value is -0.800. The molecule has 84 valence electrons. The maximum Gasteiger partial charge on any atom is 0.0947 e.